The first-order chi connectivity index (χ1) is 8.72. The maximum Gasteiger partial charge on any atom is 0.159 e. The SMILES string of the molecule is NNC(C1=CCCCCC1)c1ccc(F)c(F)c1. The maximum absolute atomic E-state index is 13.3. The fourth-order valence-electron chi connectivity index (χ4n) is 2.41. The highest BCUT2D eigenvalue weighted by atomic mass is 19.2. The van der Waals surface area contributed by atoms with Gasteiger partial charge >= 0.3 is 0 Å². The van der Waals surface area contributed by atoms with Crippen molar-refractivity contribution in [3.05, 3.63) is 47.0 Å². The number of nitrogens with one attached hydrogen (secondary N) is 1. The minimum atomic E-state index is -0.832. The highest BCUT2D eigenvalue weighted by Gasteiger charge is 2.17. The van der Waals surface area contributed by atoms with Gasteiger partial charge in [0.25, 0.3) is 0 Å². The van der Waals surface area contributed by atoms with E-state index in [2.05, 4.69) is 11.5 Å². The zero-order chi connectivity index (χ0) is 13.0. The Labute approximate surface area is 106 Å². The molecule has 0 aliphatic heterocycles. The van der Waals surface area contributed by atoms with Gasteiger partial charge in [0.1, 0.15) is 0 Å². The van der Waals surface area contributed by atoms with Gasteiger partial charge in [0.15, 0.2) is 11.6 Å². The fourth-order valence-corrected chi connectivity index (χ4v) is 2.41. The van der Waals surface area contributed by atoms with E-state index in [9.17, 15) is 8.78 Å². The number of benzene rings is 1. The Bertz CT molecular complexity index is 443. The van der Waals surface area contributed by atoms with Crippen molar-refractivity contribution in [1.82, 2.24) is 5.43 Å². The highest BCUT2D eigenvalue weighted by Crippen LogP contribution is 2.29. The topological polar surface area (TPSA) is 38.0 Å². The van der Waals surface area contributed by atoms with Crippen LogP contribution in [0, 0.1) is 11.6 Å². The Morgan fingerprint density at radius 2 is 1.94 bits per heavy atom. The van der Waals surface area contributed by atoms with Crippen LogP contribution in [0.15, 0.2) is 29.8 Å². The van der Waals surface area contributed by atoms with E-state index in [0.717, 1.165) is 25.3 Å². The standard InChI is InChI=1S/C14H18F2N2/c15-12-8-7-11(9-13(12)16)14(18-17)10-5-3-1-2-4-6-10/h5,7-9,14,18H,1-4,6,17H2. The summed E-state index contributed by atoms with van der Waals surface area (Å²) in [5.74, 6) is 3.91. The van der Waals surface area contributed by atoms with Gasteiger partial charge < -0.3 is 0 Å². The minimum absolute atomic E-state index is 0.224. The molecule has 0 saturated heterocycles. The van der Waals surface area contributed by atoms with Crippen LogP contribution < -0.4 is 11.3 Å². The van der Waals surface area contributed by atoms with Gasteiger partial charge in [0.2, 0.25) is 0 Å². The van der Waals surface area contributed by atoms with Crippen molar-refractivity contribution >= 4 is 0 Å². The first-order valence-electron chi connectivity index (χ1n) is 6.32. The third-order valence-electron chi connectivity index (χ3n) is 3.39. The molecule has 0 bridgehead atoms. The van der Waals surface area contributed by atoms with Crippen LogP contribution in [-0.2, 0) is 0 Å². The number of rotatable bonds is 3. The molecule has 1 atom stereocenters. The minimum Gasteiger partial charge on any atom is -0.271 e. The third kappa shape index (κ3) is 2.94. The number of nitrogens with two attached hydrogens (primary N) is 1. The Kier molecular flexibility index (Phi) is 4.44. The summed E-state index contributed by atoms with van der Waals surface area (Å²) in [5.41, 5.74) is 4.54. The molecular weight excluding hydrogens is 234 g/mol. The Balaban J connectivity index is 2.26. The van der Waals surface area contributed by atoms with E-state index in [1.807, 2.05) is 0 Å². The lowest BCUT2D eigenvalue weighted by atomic mass is 9.95. The van der Waals surface area contributed by atoms with Crippen LogP contribution in [0.3, 0.4) is 0 Å². The smallest absolute Gasteiger partial charge is 0.159 e. The predicted molar refractivity (Wildman–Crippen MR) is 67.6 cm³/mol. The molecule has 98 valence electrons. The maximum atomic E-state index is 13.3. The van der Waals surface area contributed by atoms with Crippen molar-refractivity contribution in [2.24, 2.45) is 5.84 Å². The Hall–Kier alpha value is -1.26. The van der Waals surface area contributed by atoms with Crippen molar-refractivity contribution in [3.8, 4) is 0 Å². The molecule has 1 aliphatic rings. The second kappa shape index (κ2) is 6.07. The predicted octanol–water partition coefficient (Wildman–Crippen LogP) is 3.36. The van der Waals surface area contributed by atoms with E-state index in [-0.39, 0.29) is 6.04 Å². The first-order valence-corrected chi connectivity index (χ1v) is 6.32. The lowest BCUT2D eigenvalue weighted by Crippen LogP contribution is -2.29. The van der Waals surface area contributed by atoms with Crippen LogP contribution in [0.4, 0.5) is 8.78 Å². The van der Waals surface area contributed by atoms with Gasteiger partial charge in [-0.2, -0.15) is 0 Å². The zero-order valence-electron chi connectivity index (χ0n) is 10.3. The summed E-state index contributed by atoms with van der Waals surface area (Å²) in [7, 11) is 0. The van der Waals surface area contributed by atoms with Crippen molar-refractivity contribution in [3.63, 3.8) is 0 Å². The van der Waals surface area contributed by atoms with Gasteiger partial charge in [-0.15, -0.1) is 0 Å². The van der Waals surface area contributed by atoms with Crippen molar-refractivity contribution in [1.29, 1.82) is 0 Å². The van der Waals surface area contributed by atoms with Crippen LogP contribution in [0.2, 0.25) is 0 Å². The average molecular weight is 252 g/mol. The molecular formula is C14H18F2N2. The monoisotopic (exact) mass is 252 g/mol. The van der Waals surface area contributed by atoms with E-state index >= 15 is 0 Å². The molecule has 3 N–H and O–H groups in total. The molecule has 1 aliphatic carbocycles. The zero-order valence-corrected chi connectivity index (χ0v) is 10.3. The van der Waals surface area contributed by atoms with Crippen LogP contribution in [-0.4, -0.2) is 0 Å². The van der Waals surface area contributed by atoms with Crippen molar-refractivity contribution in [2.75, 3.05) is 0 Å². The molecule has 18 heavy (non-hydrogen) atoms. The molecule has 1 aromatic carbocycles. The number of hydrazine groups is 1. The number of halogens is 2. The van der Waals surface area contributed by atoms with E-state index in [1.54, 1.807) is 6.07 Å². The van der Waals surface area contributed by atoms with E-state index < -0.39 is 11.6 Å². The van der Waals surface area contributed by atoms with Crippen LogP contribution in [0.1, 0.15) is 43.7 Å². The second-order valence-electron chi connectivity index (χ2n) is 4.65. The van der Waals surface area contributed by atoms with Crippen LogP contribution in [0.5, 0.6) is 0 Å². The van der Waals surface area contributed by atoms with E-state index in [0.29, 0.717) is 5.56 Å². The first kappa shape index (κ1) is 13.2. The normalized spacial score (nSPS) is 18.1. The molecule has 0 radical (unpaired) electrons. The molecule has 1 unspecified atom stereocenters. The summed E-state index contributed by atoms with van der Waals surface area (Å²) in [5, 5.41) is 0. The van der Waals surface area contributed by atoms with Crippen molar-refractivity contribution in [2.45, 2.75) is 38.1 Å². The summed E-state index contributed by atoms with van der Waals surface area (Å²) in [4.78, 5) is 0. The van der Waals surface area contributed by atoms with Gasteiger partial charge in [-0.05, 0) is 43.4 Å². The number of allylic oxidation sites excluding steroid dienone is 1. The molecule has 4 heteroatoms. The highest BCUT2D eigenvalue weighted by molar-refractivity contribution is 5.29. The molecule has 2 nitrogen and oxygen atoms in total. The van der Waals surface area contributed by atoms with Gasteiger partial charge in [-0.3, -0.25) is 5.84 Å². The lowest BCUT2D eigenvalue weighted by Gasteiger charge is -2.20. The molecule has 0 spiro atoms. The fraction of sp³-hybridized carbons (Fsp3) is 0.429. The second-order valence-corrected chi connectivity index (χ2v) is 4.65. The quantitative estimate of drug-likeness (QED) is 0.492. The summed E-state index contributed by atoms with van der Waals surface area (Å²) in [6.45, 7) is 0. The molecule has 1 aromatic rings. The molecule has 0 heterocycles. The lowest BCUT2D eigenvalue weighted by molar-refractivity contribution is 0.502. The van der Waals surface area contributed by atoms with Gasteiger partial charge in [0, 0.05) is 0 Å². The Morgan fingerprint density at radius 3 is 2.67 bits per heavy atom. The van der Waals surface area contributed by atoms with Gasteiger partial charge in [-0.25, -0.2) is 14.2 Å². The molecule has 0 amide bonds. The van der Waals surface area contributed by atoms with Crippen LogP contribution >= 0.6 is 0 Å². The Morgan fingerprint density at radius 1 is 1.11 bits per heavy atom. The summed E-state index contributed by atoms with van der Waals surface area (Å²) in [6, 6.07) is 3.71. The average Bonchev–Trinajstić information content (AvgIpc) is 2.64. The summed E-state index contributed by atoms with van der Waals surface area (Å²) in [6.07, 6.45) is 7.64. The number of hydrogen-bond donors (Lipinski definition) is 2. The summed E-state index contributed by atoms with van der Waals surface area (Å²) >= 11 is 0. The molecule has 2 rings (SSSR count). The molecule has 0 aromatic heterocycles. The van der Waals surface area contributed by atoms with E-state index in [4.69, 9.17) is 5.84 Å². The van der Waals surface area contributed by atoms with Gasteiger partial charge in [-0.1, -0.05) is 24.1 Å². The molecule has 0 saturated carbocycles. The molecule has 0 fully saturated rings. The third-order valence-corrected chi connectivity index (χ3v) is 3.39. The van der Waals surface area contributed by atoms with Crippen molar-refractivity contribution < 1.29 is 8.78 Å². The summed E-state index contributed by atoms with van der Waals surface area (Å²) < 4.78 is 26.2. The largest absolute Gasteiger partial charge is 0.271 e. The van der Waals surface area contributed by atoms with E-state index in [1.165, 1.54) is 24.5 Å². The van der Waals surface area contributed by atoms with Gasteiger partial charge in [0.05, 0.1) is 6.04 Å². The number of hydrogen-bond acceptors (Lipinski definition) is 2. The van der Waals surface area contributed by atoms with Crippen LogP contribution in [0.25, 0.3) is 0 Å².